The predicted octanol–water partition coefficient (Wildman–Crippen LogP) is 3.18. The normalized spacial score (nSPS) is 29.0. The molecule has 1 saturated heterocycles. The van der Waals surface area contributed by atoms with Crippen molar-refractivity contribution in [2.75, 3.05) is 0 Å². The van der Waals surface area contributed by atoms with Crippen LogP contribution in [0.25, 0.3) is 0 Å². The lowest BCUT2D eigenvalue weighted by Crippen LogP contribution is -2.36. The Morgan fingerprint density at radius 2 is 1.95 bits per heavy atom. The molecule has 1 aromatic rings. The number of benzene rings is 1. The van der Waals surface area contributed by atoms with Gasteiger partial charge in [0, 0.05) is 24.4 Å². The molecule has 4 heteroatoms. The molecule has 2 N–H and O–H groups in total. The maximum absolute atomic E-state index is 13.9. The highest BCUT2D eigenvalue weighted by Crippen LogP contribution is 2.31. The van der Waals surface area contributed by atoms with Crippen molar-refractivity contribution >= 4 is 0 Å². The average molecular weight is 267 g/mol. The number of rotatable bonds is 3. The van der Waals surface area contributed by atoms with Crippen LogP contribution in [0.2, 0.25) is 0 Å². The lowest BCUT2D eigenvalue weighted by atomic mass is 10.0. The van der Waals surface area contributed by atoms with Crippen molar-refractivity contribution in [3.05, 3.63) is 29.6 Å². The summed E-state index contributed by atoms with van der Waals surface area (Å²) in [7, 11) is 0. The molecule has 1 aromatic carbocycles. The Hall–Kier alpha value is -1.13. The van der Waals surface area contributed by atoms with Crippen LogP contribution in [0.1, 0.15) is 45.2 Å². The van der Waals surface area contributed by atoms with Crippen LogP contribution >= 0.6 is 0 Å². The zero-order valence-electron chi connectivity index (χ0n) is 11.7. The summed E-state index contributed by atoms with van der Waals surface area (Å²) < 4.78 is 25.5. The number of para-hydroxylation sites is 1. The smallest absolute Gasteiger partial charge is 0.165 e. The second kappa shape index (κ2) is 5.88. The van der Waals surface area contributed by atoms with E-state index in [1.54, 1.807) is 6.07 Å². The maximum atomic E-state index is 13.9. The van der Waals surface area contributed by atoms with Crippen LogP contribution in [0.15, 0.2) is 18.2 Å². The van der Waals surface area contributed by atoms with Crippen LogP contribution < -0.4 is 10.5 Å². The van der Waals surface area contributed by atoms with Gasteiger partial charge in [-0.05, 0) is 26.8 Å². The minimum Gasteiger partial charge on any atom is -0.487 e. The highest BCUT2D eigenvalue weighted by molar-refractivity contribution is 5.37. The summed E-state index contributed by atoms with van der Waals surface area (Å²) in [6.45, 7) is 5.86. The molecule has 1 fully saturated rings. The maximum Gasteiger partial charge on any atom is 0.165 e. The van der Waals surface area contributed by atoms with Crippen LogP contribution in [-0.4, -0.2) is 18.3 Å². The molecule has 3 unspecified atom stereocenters. The first-order valence-corrected chi connectivity index (χ1v) is 6.83. The standard InChI is InChI=1S/C15H22FNO2/c1-9-7-12(8-10(2)18-9)19-15-13(11(3)17)5-4-6-14(15)16/h4-6,9-12H,7-8,17H2,1-3H3. The van der Waals surface area contributed by atoms with Crippen molar-refractivity contribution in [1.29, 1.82) is 0 Å². The van der Waals surface area contributed by atoms with Gasteiger partial charge in [0.1, 0.15) is 6.10 Å². The zero-order valence-corrected chi connectivity index (χ0v) is 11.7. The summed E-state index contributed by atoms with van der Waals surface area (Å²) in [5.74, 6) is -0.0506. The zero-order chi connectivity index (χ0) is 14.0. The van der Waals surface area contributed by atoms with Crippen molar-refractivity contribution in [1.82, 2.24) is 0 Å². The Bertz CT molecular complexity index is 426. The third kappa shape index (κ3) is 3.45. The van der Waals surface area contributed by atoms with Crippen molar-refractivity contribution < 1.29 is 13.9 Å². The van der Waals surface area contributed by atoms with Gasteiger partial charge in [-0.1, -0.05) is 12.1 Å². The van der Waals surface area contributed by atoms with E-state index in [1.165, 1.54) is 6.07 Å². The molecule has 0 aliphatic carbocycles. The monoisotopic (exact) mass is 267 g/mol. The summed E-state index contributed by atoms with van der Waals surface area (Å²) in [4.78, 5) is 0. The molecule has 3 nitrogen and oxygen atoms in total. The van der Waals surface area contributed by atoms with Gasteiger partial charge in [0.15, 0.2) is 11.6 Å². The molecule has 106 valence electrons. The third-order valence-electron chi connectivity index (χ3n) is 3.43. The van der Waals surface area contributed by atoms with Gasteiger partial charge >= 0.3 is 0 Å². The summed E-state index contributed by atoms with van der Waals surface area (Å²) >= 11 is 0. The fourth-order valence-corrected chi connectivity index (χ4v) is 2.62. The molecule has 1 aliphatic heterocycles. The van der Waals surface area contributed by atoms with E-state index < -0.39 is 0 Å². The lowest BCUT2D eigenvalue weighted by molar-refractivity contribution is -0.0729. The quantitative estimate of drug-likeness (QED) is 0.914. The molecule has 1 heterocycles. The predicted molar refractivity (Wildman–Crippen MR) is 72.7 cm³/mol. The molecule has 3 atom stereocenters. The van der Waals surface area contributed by atoms with E-state index >= 15 is 0 Å². The largest absolute Gasteiger partial charge is 0.487 e. The molecular formula is C15H22FNO2. The molecule has 19 heavy (non-hydrogen) atoms. The van der Waals surface area contributed by atoms with Gasteiger partial charge in [0.05, 0.1) is 12.2 Å². The first-order valence-electron chi connectivity index (χ1n) is 6.83. The Balaban J connectivity index is 2.18. The fourth-order valence-electron chi connectivity index (χ4n) is 2.62. The van der Waals surface area contributed by atoms with Crippen LogP contribution in [0.5, 0.6) is 5.75 Å². The van der Waals surface area contributed by atoms with E-state index in [0.29, 0.717) is 11.3 Å². The lowest BCUT2D eigenvalue weighted by Gasteiger charge is -2.33. The van der Waals surface area contributed by atoms with Crippen LogP contribution in [-0.2, 0) is 4.74 Å². The molecule has 2 rings (SSSR count). The second-order valence-electron chi connectivity index (χ2n) is 5.42. The summed E-state index contributed by atoms with van der Waals surface area (Å²) in [6, 6.07) is 4.64. The first kappa shape index (κ1) is 14.3. The van der Waals surface area contributed by atoms with E-state index in [2.05, 4.69) is 0 Å². The number of hydrogen-bond donors (Lipinski definition) is 1. The van der Waals surface area contributed by atoms with Gasteiger partial charge < -0.3 is 15.2 Å². The summed E-state index contributed by atoms with van der Waals surface area (Å²) in [6.07, 6.45) is 1.81. The molecule has 0 amide bonds. The molecule has 0 radical (unpaired) electrons. The van der Waals surface area contributed by atoms with Crippen molar-refractivity contribution in [2.45, 2.75) is 58.0 Å². The molecule has 0 saturated carbocycles. The van der Waals surface area contributed by atoms with Crippen LogP contribution in [0.4, 0.5) is 4.39 Å². The molecular weight excluding hydrogens is 245 g/mol. The van der Waals surface area contributed by atoms with Crippen molar-refractivity contribution in [3.63, 3.8) is 0 Å². The summed E-state index contributed by atoms with van der Waals surface area (Å²) in [5, 5.41) is 0. The van der Waals surface area contributed by atoms with Gasteiger partial charge in [0.25, 0.3) is 0 Å². The Morgan fingerprint density at radius 3 is 2.53 bits per heavy atom. The minimum atomic E-state index is -0.346. The minimum absolute atomic E-state index is 0.0202. The fraction of sp³-hybridized carbons (Fsp3) is 0.600. The van der Waals surface area contributed by atoms with Crippen molar-refractivity contribution in [2.24, 2.45) is 5.73 Å². The Morgan fingerprint density at radius 1 is 1.32 bits per heavy atom. The van der Waals surface area contributed by atoms with Gasteiger partial charge in [-0.3, -0.25) is 0 Å². The third-order valence-corrected chi connectivity index (χ3v) is 3.43. The van der Waals surface area contributed by atoms with Gasteiger partial charge in [-0.25, -0.2) is 4.39 Å². The molecule has 0 aromatic heterocycles. The number of nitrogens with two attached hydrogens (primary N) is 1. The number of halogens is 1. The van der Waals surface area contributed by atoms with E-state index in [4.69, 9.17) is 15.2 Å². The molecule has 0 spiro atoms. The second-order valence-corrected chi connectivity index (χ2v) is 5.42. The molecule has 1 aliphatic rings. The Labute approximate surface area is 113 Å². The topological polar surface area (TPSA) is 44.5 Å². The van der Waals surface area contributed by atoms with Crippen LogP contribution in [0, 0.1) is 5.82 Å². The van der Waals surface area contributed by atoms with Crippen LogP contribution in [0.3, 0.4) is 0 Å². The highest BCUT2D eigenvalue weighted by Gasteiger charge is 2.27. The Kier molecular flexibility index (Phi) is 4.42. The highest BCUT2D eigenvalue weighted by atomic mass is 19.1. The van der Waals surface area contributed by atoms with Gasteiger partial charge in [-0.2, -0.15) is 0 Å². The van der Waals surface area contributed by atoms with Crippen molar-refractivity contribution in [3.8, 4) is 5.75 Å². The average Bonchev–Trinajstić information content (AvgIpc) is 2.30. The molecule has 0 bridgehead atoms. The number of hydrogen-bond acceptors (Lipinski definition) is 3. The van der Waals surface area contributed by atoms with Gasteiger partial charge in [-0.15, -0.1) is 0 Å². The van der Waals surface area contributed by atoms with E-state index in [-0.39, 0.29) is 30.2 Å². The number of ether oxygens (including phenoxy) is 2. The SMILES string of the molecule is CC1CC(Oc2c(F)cccc2C(C)N)CC(C)O1. The van der Waals surface area contributed by atoms with E-state index in [9.17, 15) is 4.39 Å². The summed E-state index contributed by atoms with van der Waals surface area (Å²) in [5.41, 5.74) is 6.59. The van der Waals surface area contributed by atoms with E-state index in [1.807, 2.05) is 26.8 Å². The van der Waals surface area contributed by atoms with Gasteiger partial charge in [0.2, 0.25) is 0 Å². The van der Waals surface area contributed by atoms with E-state index in [0.717, 1.165) is 12.8 Å². The first-order chi connectivity index (χ1) is 8.97.